The second-order valence-electron chi connectivity index (χ2n) is 5.12. The Morgan fingerprint density at radius 1 is 1.25 bits per heavy atom. The first-order valence-electron chi connectivity index (χ1n) is 5.73. The summed E-state index contributed by atoms with van der Waals surface area (Å²) < 4.78 is 1.39. The summed E-state index contributed by atoms with van der Waals surface area (Å²) in [6, 6.07) is 8.64. The molecule has 2 aromatic rings. The van der Waals surface area contributed by atoms with Crippen LogP contribution in [0.4, 0.5) is 0 Å². The number of hydrogen-bond donors (Lipinski definition) is 1. The first-order chi connectivity index (χ1) is 7.47. The molecule has 1 aromatic heterocycles. The predicted molar refractivity (Wildman–Crippen MR) is 73.1 cm³/mol. The van der Waals surface area contributed by atoms with Crippen LogP contribution >= 0.6 is 11.3 Å². The van der Waals surface area contributed by atoms with Crippen molar-refractivity contribution in [2.75, 3.05) is 0 Å². The minimum Gasteiger partial charge on any atom is -0.326 e. The molecule has 0 aliphatic heterocycles. The highest BCUT2D eigenvalue weighted by Gasteiger charge is 2.14. The maximum atomic E-state index is 6.05. The SMILES string of the molecule is Cc1sc2ccccc2c1CCC(C)(C)N. The van der Waals surface area contributed by atoms with Crippen molar-refractivity contribution in [2.45, 2.75) is 39.2 Å². The van der Waals surface area contributed by atoms with Gasteiger partial charge in [-0.1, -0.05) is 18.2 Å². The van der Waals surface area contributed by atoms with Crippen molar-refractivity contribution in [1.29, 1.82) is 0 Å². The molecule has 2 heteroatoms. The van der Waals surface area contributed by atoms with Crippen LogP contribution in [0, 0.1) is 6.92 Å². The largest absolute Gasteiger partial charge is 0.326 e. The first kappa shape index (κ1) is 11.6. The van der Waals surface area contributed by atoms with Crippen LogP contribution in [0.15, 0.2) is 24.3 Å². The zero-order valence-electron chi connectivity index (χ0n) is 10.2. The van der Waals surface area contributed by atoms with E-state index in [4.69, 9.17) is 5.73 Å². The van der Waals surface area contributed by atoms with Crippen LogP contribution in [0.5, 0.6) is 0 Å². The molecule has 1 heterocycles. The maximum Gasteiger partial charge on any atom is 0.0348 e. The van der Waals surface area contributed by atoms with E-state index in [0.29, 0.717) is 0 Å². The van der Waals surface area contributed by atoms with Crippen molar-refractivity contribution in [3.05, 3.63) is 34.7 Å². The Balaban J connectivity index is 2.33. The van der Waals surface area contributed by atoms with Gasteiger partial charge in [-0.25, -0.2) is 0 Å². The fourth-order valence-corrected chi connectivity index (χ4v) is 3.09. The molecular formula is C14H19NS. The summed E-state index contributed by atoms with van der Waals surface area (Å²) in [6.45, 7) is 6.40. The lowest BCUT2D eigenvalue weighted by Gasteiger charge is -2.18. The van der Waals surface area contributed by atoms with E-state index in [2.05, 4.69) is 45.0 Å². The van der Waals surface area contributed by atoms with Gasteiger partial charge in [0.1, 0.15) is 0 Å². The zero-order chi connectivity index (χ0) is 11.8. The summed E-state index contributed by atoms with van der Waals surface area (Å²) in [6.07, 6.45) is 2.12. The Kier molecular flexibility index (Phi) is 3.04. The lowest BCUT2D eigenvalue weighted by Crippen LogP contribution is -2.32. The van der Waals surface area contributed by atoms with Crippen LogP contribution in [0.3, 0.4) is 0 Å². The molecule has 0 amide bonds. The average Bonchev–Trinajstić information content (AvgIpc) is 2.49. The first-order valence-corrected chi connectivity index (χ1v) is 6.55. The molecule has 0 atom stereocenters. The molecule has 16 heavy (non-hydrogen) atoms. The van der Waals surface area contributed by atoms with Crippen LogP contribution < -0.4 is 5.73 Å². The van der Waals surface area contributed by atoms with Crippen molar-refractivity contribution < 1.29 is 0 Å². The van der Waals surface area contributed by atoms with Crippen molar-refractivity contribution >= 4 is 21.4 Å². The summed E-state index contributed by atoms with van der Waals surface area (Å²) >= 11 is 1.89. The van der Waals surface area contributed by atoms with Crippen molar-refractivity contribution in [3.8, 4) is 0 Å². The van der Waals surface area contributed by atoms with Crippen molar-refractivity contribution in [3.63, 3.8) is 0 Å². The van der Waals surface area contributed by atoms with E-state index >= 15 is 0 Å². The van der Waals surface area contributed by atoms with Gasteiger partial charge in [0, 0.05) is 15.1 Å². The Morgan fingerprint density at radius 3 is 2.62 bits per heavy atom. The highest BCUT2D eigenvalue weighted by molar-refractivity contribution is 7.19. The molecule has 0 spiro atoms. The Morgan fingerprint density at radius 2 is 1.94 bits per heavy atom. The number of rotatable bonds is 3. The third kappa shape index (κ3) is 2.45. The Bertz CT molecular complexity index is 491. The molecule has 1 aromatic carbocycles. The smallest absolute Gasteiger partial charge is 0.0348 e. The van der Waals surface area contributed by atoms with Gasteiger partial charge in [0.15, 0.2) is 0 Å². The zero-order valence-corrected chi connectivity index (χ0v) is 11.0. The van der Waals surface area contributed by atoms with E-state index in [1.807, 2.05) is 11.3 Å². The van der Waals surface area contributed by atoms with Crippen LogP contribution in [0.2, 0.25) is 0 Å². The summed E-state index contributed by atoms with van der Waals surface area (Å²) in [5.41, 5.74) is 7.46. The van der Waals surface area contributed by atoms with Gasteiger partial charge in [-0.3, -0.25) is 0 Å². The molecule has 2 rings (SSSR count). The van der Waals surface area contributed by atoms with Gasteiger partial charge >= 0.3 is 0 Å². The van der Waals surface area contributed by atoms with E-state index < -0.39 is 0 Å². The monoisotopic (exact) mass is 233 g/mol. The topological polar surface area (TPSA) is 26.0 Å². The highest BCUT2D eigenvalue weighted by atomic mass is 32.1. The van der Waals surface area contributed by atoms with Crippen molar-refractivity contribution in [1.82, 2.24) is 0 Å². The molecule has 2 N–H and O–H groups in total. The summed E-state index contributed by atoms with van der Waals surface area (Å²) in [5.74, 6) is 0. The van der Waals surface area contributed by atoms with Gasteiger partial charge < -0.3 is 5.73 Å². The normalized spacial score (nSPS) is 12.2. The molecule has 0 aliphatic rings. The maximum absolute atomic E-state index is 6.05. The van der Waals surface area contributed by atoms with Gasteiger partial charge in [0.25, 0.3) is 0 Å². The lowest BCUT2D eigenvalue weighted by atomic mass is 9.95. The summed E-state index contributed by atoms with van der Waals surface area (Å²) in [4.78, 5) is 1.44. The molecule has 0 aliphatic carbocycles. The summed E-state index contributed by atoms with van der Waals surface area (Å²) in [7, 11) is 0. The van der Waals surface area contributed by atoms with Crippen LogP contribution in [0.25, 0.3) is 10.1 Å². The third-order valence-electron chi connectivity index (χ3n) is 2.92. The molecule has 0 bridgehead atoms. The van der Waals surface area contributed by atoms with Crippen molar-refractivity contribution in [2.24, 2.45) is 5.73 Å². The second-order valence-corrected chi connectivity index (χ2v) is 6.38. The van der Waals surface area contributed by atoms with Crippen LogP contribution in [0.1, 0.15) is 30.7 Å². The minimum absolute atomic E-state index is 0.0739. The van der Waals surface area contributed by atoms with E-state index in [9.17, 15) is 0 Å². The van der Waals surface area contributed by atoms with E-state index in [1.165, 1.54) is 20.5 Å². The number of nitrogens with two attached hydrogens (primary N) is 1. The molecule has 1 nitrogen and oxygen atoms in total. The van der Waals surface area contributed by atoms with Gasteiger partial charge in [0.2, 0.25) is 0 Å². The summed E-state index contributed by atoms with van der Waals surface area (Å²) in [5, 5.41) is 1.41. The Hall–Kier alpha value is -0.860. The van der Waals surface area contributed by atoms with Gasteiger partial charge in [-0.05, 0) is 50.6 Å². The highest BCUT2D eigenvalue weighted by Crippen LogP contribution is 2.32. The molecule has 0 unspecified atom stereocenters. The molecule has 0 saturated heterocycles. The van der Waals surface area contributed by atoms with E-state index in [1.54, 1.807) is 0 Å². The fraction of sp³-hybridized carbons (Fsp3) is 0.429. The van der Waals surface area contributed by atoms with E-state index in [-0.39, 0.29) is 5.54 Å². The predicted octanol–water partition coefficient (Wildman–Crippen LogP) is 3.88. The number of fused-ring (bicyclic) bond motifs is 1. The molecule has 86 valence electrons. The fourth-order valence-electron chi connectivity index (χ4n) is 1.98. The molecule has 0 radical (unpaired) electrons. The second kappa shape index (κ2) is 4.19. The molecule has 0 fully saturated rings. The number of benzene rings is 1. The minimum atomic E-state index is -0.0739. The third-order valence-corrected chi connectivity index (χ3v) is 4.05. The number of aryl methyl sites for hydroxylation is 2. The standard InChI is InChI=1S/C14H19NS/c1-10-11(8-9-14(2,3)15)12-6-4-5-7-13(12)16-10/h4-7H,8-9,15H2,1-3H3. The lowest BCUT2D eigenvalue weighted by molar-refractivity contribution is 0.477. The molecule has 0 saturated carbocycles. The number of thiophene rings is 1. The van der Waals surface area contributed by atoms with Crippen LogP contribution in [-0.4, -0.2) is 5.54 Å². The average molecular weight is 233 g/mol. The van der Waals surface area contributed by atoms with Crippen LogP contribution in [-0.2, 0) is 6.42 Å². The van der Waals surface area contributed by atoms with Gasteiger partial charge in [-0.15, -0.1) is 11.3 Å². The Labute approximate surface area is 101 Å². The molecular weight excluding hydrogens is 214 g/mol. The van der Waals surface area contributed by atoms with E-state index in [0.717, 1.165) is 12.8 Å². The van der Waals surface area contributed by atoms with Gasteiger partial charge in [-0.2, -0.15) is 0 Å². The quantitative estimate of drug-likeness (QED) is 0.855. The van der Waals surface area contributed by atoms with Gasteiger partial charge in [0.05, 0.1) is 0 Å². The number of hydrogen-bond acceptors (Lipinski definition) is 2.